The predicted octanol–water partition coefficient (Wildman–Crippen LogP) is 2.11. The first-order chi connectivity index (χ1) is 11.0. The number of aryl methyl sites for hydroxylation is 1. The van der Waals surface area contributed by atoms with Crippen LogP contribution in [0.5, 0.6) is 0 Å². The zero-order valence-electron chi connectivity index (χ0n) is 12.0. The molecule has 0 fully saturated rings. The van der Waals surface area contributed by atoms with Crippen LogP contribution in [-0.4, -0.2) is 25.7 Å². The maximum Gasteiger partial charge on any atom is 0.319 e. The van der Waals surface area contributed by atoms with Crippen molar-refractivity contribution in [3.63, 3.8) is 0 Å². The molecule has 9 nitrogen and oxygen atoms in total. The van der Waals surface area contributed by atoms with Crippen LogP contribution < -0.4 is 10.6 Å². The summed E-state index contributed by atoms with van der Waals surface area (Å²) in [5.74, 6) is 1.62. The van der Waals surface area contributed by atoms with Crippen molar-refractivity contribution in [3.8, 4) is 0 Å². The lowest BCUT2D eigenvalue weighted by Crippen LogP contribution is -2.29. The summed E-state index contributed by atoms with van der Waals surface area (Å²) in [5.41, 5.74) is 0.0183. The lowest BCUT2D eigenvalue weighted by Gasteiger charge is -2.08. The van der Waals surface area contributed by atoms with Crippen molar-refractivity contribution < 1.29 is 9.72 Å². The third-order valence-electron chi connectivity index (χ3n) is 3.49. The number of urea groups is 1. The van der Waals surface area contributed by atoms with Gasteiger partial charge in [-0.3, -0.25) is 10.1 Å². The summed E-state index contributed by atoms with van der Waals surface area (Å²) in [6.45, 7) is 1.08. The van der Waals surface area contributed by atoms with Crippen LogP contribution in [0.15, 0.2) is 18.2 Å². The van der Waals surface area contributed by atoms with Gasteiger partial charge < -0.3 is 15.2 Å². The van der Waals surface area contributed by atoms with E-state index in [1.54, 1.807) is 0 Å². The largest absolute Gasteiger partial charge is 0.331 e. The number of nitrogens with one attached hydrogen (secondary N) is 2. The number of halogens is 1. The number of benzene rings is 1. The van der Waals surface area contributed by atoms with Gasteiger partial charge >= 0.3 is 6.03 Å². The third kappa shape index (κ3) is 3.24. The molecule has 2 aromatic rings. The molecule has 2 N–H and O–H groups in total. The van der Waals surface area contributed by atoms with Gasteiger partial charge in [-0.05, 0) is 18.6 Å². The number of carbonyl (C=O) groups is 1. The highest BCUT2D eigenvalue weighted by molar-refractivity contribution is 6.32. The van der Waals surface area contributed by atoms with Gasteiger partial charge in [-0.15, -0.1) is 10.2 Å². The second-order valence-corrected chi connectivity index (χ2v) is 5.43. The number of aromatic nitrogens is 3. The number of nitro benzene ring substituents is 1. The Morgan fingerprint density at radius 3 is 3.04 bits per heavy atom. The van der Waals surface area contributed by atoms with Crippen LogP contribution in [0.2, 0.25) is 5.02 Å². The molecule has 1 aromatic heterocycles. The minimum Gasteiger partial charge on any atom is -0.331 e. The first-order valence-electron chi connectivity index (χ1n) is 6.94. The van der Waals surface area contributed by atoms with Gasteiger partial charge in [-0.1, -0.05) is 11.6 Å². The Kier molecular flexibility index (Phi) is 4.11. The van der Waals surface area contributed by atoms with E-state index in [0.717, 1.165) is 25.2 Å². The fraction of sp³-hybridized carbons (Fsp3) is 0.308. The molecule has 1 aromatic carbocycles. The Bertz CT molecular complexity index is 775. The number of hydrogen-bond donors (Lipinski definition) is 2. The molecule has 3 rings (SSSR count). The number of rotatable bonds is 4. The number of hydrogen-bond acceptors (Lipinski definition) is 5. The first kappa shape index (κ1) is 15.2. The van der Waals surface area contributed by atoms with Crippen molar-refractivity contribution >= 4 is 29.0 Å². The summed E-state index contributed by atoms with van der Waals surface area (Å²) in [5, 5.41) is 24.1. The summed E-state index contributed by atoms with van der Waals surface area (Å²) in [6, 6.07) is 3.57. The molecule has 10 heteroatoms. The maximum absolute atomic E-state index is 11.9. The molecule has 0 atom stereocenters. The fourth-order valence-electron chi connectivity index (χ4n) is 2.41. The molecular weight excluding hydrogens is 324 g/mol. The summed E-state index contributed by atoms with van der Waals surface area (Å²) < 4.78 is 1.98. The number of anilines is 1. The van der Waals surface area contributed by atoms with Gasteiger partial charge in [0, 0.05) is 24.7 Å². The van der Waals surface area contributed by atoms with Gasteiger partial charge in [-0.2, -0.15) is 0 Å². The van der Waals surface area contributed by atoms with Crippen molar-refractivity contribution in [2.24, 2.45) is 0 Å². The van der Waals surface area contributed by atoms with E-state index in [4.69, 9.17) is 11.6 Å². The number of amides is 2. The zero-order valence-corrected chi connectivity index (χ0v) is 12.7. The predicted molar refractivity (Wildman–Crippen MR) is 82.3 cm³/mol. The monoisotopic (exact) mass is 336 g/mol. The Hall–Kier alpha value is -2.68. The van der Waals surface area contributed by atoms with E-state index in [2.05, 4.69) is 20.8 Å². The quantitative estimate of drug-likeness (QED) is 0.655. The maximum atomic E-state index is 11.9. The van der Waals surface area contributed by atoms with E-state index in [9.17, 15) is 14.9 Å². The smallest absolute Gasteiger partial charge is 0.319 e. The van der Waals surface area contributed by atoms with E-state index in [1.807, 2.05) is 4.57 Å². The Morgan fingerprint density at radius 2 is 2.26 bits per heavy atom. The lowest BCUT2D eigenvalue weighted by atomic mass is 10.3. The average Bonchev–Trinajstić information content (AvgIpc) is 3.10. The Morgan fingerprint density at radius 1 is 1.43 bits per heavy atom. The second-order valence-electron chi connectivity index (χ2n) is 5.02. The van der Waals surface area contributed by atoms with Crippen LogP contribution in [0, 0.1) is 10.1 Å². The summed E-state index contributed by atoms with van der Waals surface area (Å²) in [7, 11) is 0. The highest BCUT2D eigenvalue weighted by Crippen LogP contribution is 2.27. The van der Waals surface area contributed by atoms with E-state index in [0.29, 0.717) is 5.82 Å². The lowest BCUT2D eigenvalue weighted by molar-refractivity contribution is -0.384. The van der Waals surface area contributed by atoms with Gasteiger partial charge in [0.2, 0.25) is 0 Å². The summed E-state index contributed by atoms with van der Waals surface area (Å²) >= 11 is 5.72. The standard InChI is InChI=1S/C13H13ClN6O3/c14-9-4-3-8(6-10(9)20(22)23)16-13(21)15-7-12-18-17-11-2-1-5-19(11)12/h3-4,6H,1-2,5,7H2,(H2,15,16,21). The van der Waals surface area contributed by atoms with Crippen LogP contribution in [0.1, 0.15) is 18.1 Å². The third-order valence-corrected chi connectivity index (χ3v) is 3.81. The van der Waals surface area contributed by atoms with Gasteiger partial charge in [0.25, 0.3) is 5.69 Å². The molecule has 0 bridgehead atoms. The van der Waals surface area contributed by atoms with Gasteiger partial charge in [0.1, 0.15) is 10.8 Å². The van der Waals surface area contributed by atoms with Crippen molar-refractivity contribution in [3.05, 3.63) is 45.0 Å². The van der Waals surface area contributed by atoms with E-state index < -0.39 is 11.0 Å². The zero-order chi connectivity index (χ0) is 16.4. The summed E-state index contributed by atoms with van der Waals surface area (Å²) in [6.07, 6.45) is 1.92. The molecule has 1 aliphatic heterocycles. The number of nitro groups is 1. The molecule has 120 valence electrons. The molecule has 2 amide bonds. The number of carbonyl (C=O) groups excluding carboxylic acids is 1. The minimum atomic E-state index is -0.606. The van der Waals surface area contributed by atoms with Gasteiger partial charge in [0.15, 0.2) is 5.82 Å². The van der Waals surface area contributed by atoms with Crippen LogP contribution in [0.25, 0.3) is 0 Å². The molecule has 2 heterocycles. The van der Waals surface area contributed by atoms with E-state index in [1.165, 1.54) is 18.2 Å². The molecule has 0 saturated carbocycles. The van der Waals surface area contributed by atoms with Gasteiger partial charge in [-0.25, -0.2) is 4.79 Å². The SMILES string of the molecule is O=C(NCc1nnc2n1CCC2)Nc1ccc(Cl)c([N+](=O)[O-])c1. The van der Waals surface area contributed by atoms with Crippen molar-refractivity contribution in [1.82, 2.24) is 20.1 Å². The highest BCUT2D eigenvalue weighted by atomic mass is 35.5. The van der Waals surface area contributed by atoms with Crippen LogP contribution in [-0.2, 0) is 19.5 Å². The Labute approximate surface area is 135 Å². The van der Waals surface area contributed by atoms with Crippen molar-refractivity contribution in [1.29, 1.82) is 0 Å². The topological polar surface area (TPSA) is 115 Å². The molecule has 0 spiro atoms. The normalized spacial score (nSPS) is 12.7. The molecule has 0 unspecified atom stereocenters. The molecule has 23 heavy (non-hydrogen) atoms. The molecule has 0 saturated heterocycles. The van der Waals surface area contributed by atoms with E-state index in [-0.39, 0.29) is 22.9 Å². The minimum absolute atomic E-state index is 0.0139. The second kappa shape index (κ2) is 6.21. The summed E-state index contributed by atoms with van der Waals surface area (Å²) in [4.78, 5) is 22.1. The molecule has 0 aliphatic carbocycles. The highest BCUT2D eigenvalue weighted by Gasteiger charge is 2.18. The molecular formula is C13H13ClN6O3. The first-order valence-corrected chi connectivity index (χ1v) is 7.32. The average molecular weight is 337 g/mol. The number of nitrogens with zero attached hydrogens (tertiary/aromatic N) is 4. The molecule has 1 aliphatic rings. The van der Waals surface area contributed by atoms with Crippen LogP contribution in [0.4, 0.5) is 16.2 Å². The fourth-order valence-corrected chi connectivity index (χ4v) is 2.59. The van der Waals surface area contributed by atoms with Crippen LogP contribution in [0.3, 0.4) is 0 Å². The molecule has 0 radical (unpaired) electrons. The van der Waals surface area contributed by atoms with Crippen molar-refractivity contribution in [2.75, 3.05) is 5.32 Å². The van der Waals surface area contributed by atoms with Crippen LogP contribution >= 0.6 is 11.6 Å². The van der Waals surface area contributed by atoms with E-state index >= 15 is 0 Å². The van der Waals surface area contributed by atoms with Crippen molar-refractivity contribution in [2.45, 2.75) is 25.9 Å². The van der Waals surface area contributed by atoms with Gasteiger partial charge in [0.05, 0.1) is 11.5 Å². The number of fused-ring (bicyclic) bond motifs is 1. The Balaban J connectivity index is 1.61.